The van der Waals surface area contributed by atoms with Crippen LogP contribution in [0.4, 0.5) is 5.82 Å². The van der Waals surface area contributed by atoms with Crippen LogP contribution in [0.5, 0.6) is 0 Å². The molecule has 2 rings (SSSR count). The SMILES string of the molecule is CC(N)(C(=O)Nc1cc(Cl)ncn1)c1ccccc1. The molecule has 0 saturated carbocycles. The Morgan fingerprint density at radius 3 is 2.63 bits per heavy atom. The van der Waals surface area contributed by atoms with E-state index in [-0.39, 0.29) is 11.1 Å². The maximum Gasteiger partial charge on any atom is 0.249 e. The zero-order chi connectivity index (χ0) is 13.9. The Morgan fingerprint density at radius 2 is 2.00 bits per heavy atom. The number of nitrogens with one attached hydrogen (secondary N) is 1. The van der Waals surface area contributed by atoms with Crippen molar-refractivity contribution >= 4 is 23.3 Å². The van der Waals surface area contributed by atoms with Gasteiger partial charge in [0.2, 0.25) is 5.91 Å². The molecule has 2 aromatic rings. The predicted molar refractivity (Wildman–Crippen MR) is 73.7 cm³/mol. The molecule has 1 heterocycles. The topological polar surface area (TPSA) is 80.9 Å². The third-order valence-corrected chi connectivity index (χ3v) is 2.93. The summed E-state index contributed by atoms with van der Waals surface area (Å²) in [6.45, 7) is 1.64. The molecule has 0 aliphatic rings. The lowest BCUT2D eigenvalue weighted by Crippen LogP contribution is -2.45. The minimum atomic E-state index is -1.15. The van der Waals surface area contributed by atoms with Crippen LogP contribution < -0.4 is 11.1 Å². The highest BCUT2D eigenvalue weighted by Gasteiger charge is 2.30. The summed E-state index contributed by atoms with van der Waals surface area (Å²) in [6.07, 6.45) is 1.27. The standard InChI is InChI=1S/C13H13ClN4O/c1-13(15,9-5-3-2-4-6-9)12(19)18-11-7-10(14)16-8-17-11/h2-8H,15H2,1H3,(H,16,17,18,19). The van der Waals surface area contributed by atoms with Gasteiger partial charge in [-0.25, -0.2) is 9.97 Å². The number of hydrogen-bond donors (Lipinski definition) is 2. The molecule has 0 spiro atoms. The van der Waals surface area contributed by atoms with Gasteiger partial charge in [0.1, 0.15) is 22.8 Å². The Balaban J connectivity index is 2.20. The second-order valence-corrected chi connectivity index (χ2v) is 4.64. The number of carbonyl (C=O) groups is 1. The number of rotatable bonds is 3. The molecule has 3 N–H and O–H groups in total. The number of halogens is 1. The fourth-order valence-electron chi connectivity index (χ4n) is 1.56. The van der Waals surface area contributed by atoms with Crippen molar-refractivity contribution in [2.45, 2.75) is 12.5 Å². The van der Waals surface area contributed by atoms with E-state index in [9.17, 15) is 4.79 Å². The summed E-state index contributed by atoms with van der Waals surface area (Å²) in [5.74, 6) is -0.0499. The molecule has 6 heteroatoms. The van der Waals surface area contributed by atoms with Crippen molar-refractivity contribution in [3.8, 4) is 0 Å². The quantitative estimate of drug-likeness (QED) is 0.840. The zero-order valence-electron chi connectivity index (χ0n) is 10.3. The molecule has 1 aromatic heterocycles. The summed E-state index contributed by atoms with van der Waals surface area (Å²) in [6, 6.07) is 10.6. The third kappa shape index (κ3) is 3.07. The summed E-state index contributed by atoms with van der Waals surface area (Å²) < 4.78 is 0. The summed E-state index contributed by atoms with van der Waals surface area (Å²) in [7, 11) is 0. The summed E-state index contributed by atoms with van der Waals surface area (Å²) in [5.41, 5.74) is 5.64. The van der Waals surface area contributed by atoms with Crippen molar-refractivity contribution in [3.05, 3.63) is 53.4 Å². The fraction of sp³-hybridized carbons (Fsp3) is 0.154. The highest BCUT2D eigenvalue weighted by molar-refractivity contribution is 6.29. The van der Waals surface area contributed by atoms with Crippen molar-refractivity contribution in [1.29, 1.82) is 0 Å². The molecule has 0 radical (unpaired) electrons. The summed E-state index contributed by atoms with van der Waals surface area (Å²) in [4.78, 5) is 19.8. The van der Waals surface area contributed by atoms with Gasteiger partial charge in [-0.05, 0) is 12.5 Å². The molecule has 1 atom stereocenters. The van der Waals surface area contributed by atoms with E-state index in [1.165, 1.54) is 12.4 Å². The molecular weight excluding hydrogens is 264 g/mol. The van der Waals surface area contributed by atoms with E-state index in [0.717, 1.165) is 0 Å². The number of amides is 1. The van der Waals surface area contributed by atoms with Crippen molar-refractivity contribution in [3.63, 3.8) is 0 Å². The van der Waals surface area contributed by atoms with Crippen LogP contribution in [0.3, 0.4) is 0 Å². The average Bonchev–Trinajstić information content (AvgIpc) is 2.39. The van der Waals surface area contributed by atoms with E-state index < -0.39 is 5.54 Å². The molecule has 98 valence electrons. The number of nitrogens with two attached hydrogens (primary N) is 1. The van der Waals surface area contributed by atoms with Crippen LogP contribution in [0.1, 0.15) is 12.5 Å². The maximum absolute atomic E-state index is 12.2. The average molecular weight is 277 g/mol. The van der Waals surface area contributed by atoms with Gasteiger partial charge in [0.15, 0.2) is 0 Å². The molecular formula is C13H13ClN4O. The lowest BCUT2D eigenvalue weighted by atomic mass is 9.92. The van der Waals surface area contributed by atoms with Crippen LogP contribution in [-0.4, -0.2) is 15.9 Å². The van der Waals surface area contributed by atoms with E-state index in [4.69, 9.17) is 17.3 Å². The monoisotopic (exact) mass is 276 g/mol. The van der Waals surface area contributed by atoms with Crippen LogP contribution in [0.25, 0.3) is 0 Å². The Hall–Kier alpha value is -1.98. The van der Waals surface area contributed by atoms with Gasteiger partial charge in [0.25, 0.3) is 0 Å². The van der Waals surface area contributed by atoms with Gasteiger partial charge in [-0.15, -0.1) is 0 Å². The number of anilines is 1. The summed E-state index contributed by atoms with van der Waals surface area (Å²) >= 11 is 5.73. The van der Waals surface area contributed by atoms with Crippen LogP contribution in [-0.2, 0) is 10.3 Å². The minimum absolute atomic E-state index is 0.253. The van der Waals surface area contributed by atoms with Crippen LogP contribution in [0.15, 0.2) is 42.7 Å². The van der Waals surface area contributed by atoms with Gasteiger partial charge in [0.05, 0.1) is 0 Å². The number of hydrogen-bond acceptors (Lipinski definition) is 4. The van der Waals surface area contributed by atoms with Crippen molar-refractivity contribution in [2.24, 2.45) is 5.73 Å². The van der Waals surface area contributed by atoms with Crippen LogP contribution in [0.2, 0.25) is 5.15 Å². The van der Waals surface area contributed by atoms with Crippen molar-refractivity contribution < 1.29 is 4.79 Å². The van der Waals surface area contributed by atoms with Gasteiger partial charge in [-0.1, -0.05) is 41.9 Å². The van der Waals surface area contributed by atoms with E-state index in [1.807, 2.05) is 18.2 Å². The predicted octanol–water partition coefficient (Wildman–Crippen LogP) is 1.94. The highest BCUT2D eigenvalue weighted by atomic mass is 35.5. The largest absolute Gasteiger partial charge is 0.314 e. The zero-order valence-corrected chi connectivity index (χ0v) is 11.1. The van der Waals surface area contributed by atoms with Crippen molar-refractivity contribution in [2.75, 3.05) is 5.32 Å². The molecule has 1 amide bonds. The lowest BCUT2D eigenvalue weighted by Gasteiger charge is -2.23. The van der Waals surface area contributed by atoms with E-state index in [2.05, 4.69) is 15.3 Å². The first-order valence-electron chi connectivity index (χ1n) is 5.63. The Bertz CT molecular complexity index is 586. The smallest absolute Gasteiger partial charge is 0.249 e. The lowest BCUT2D eigenvalue weighted by molar-refractivity contribution is -0.120. The minimum Gasteiger partial charge on any atom is -0.314 e. The third-order valence-electron chi connectivity index (χ3n) is 2.72. The Labute approximate surface area is 115 Å². The van der Waals surface area contributed by atoms with Crippen LogP contribution in [0, 0.1) is 0 Å². The first kappa shape index (κ1) is 13.5. The Morgan fingerprint density at radius 1 is 1.32 bits per heavy atom. The van der Waals surface area contributed by atoms with Crippen molar-refractivity contribution in [1.82, 2.24) is 9.97 Å². The fourth-order valence-corrected chi connectivity index (χ4v) is 1.71. The van der Waals surface area contributed by atoms with E-state index in [1.54, 1.807) is 19.1 Å². The summed E-state index contributed by atoms with van der Waals surface area (Å²) in [5, 5.41) is 2.88. The van der Waals surface area contributed by atoms with Crippen LogP contribution >= 0.6 is 11.6 Å². The van der Waals surface area contributed by atoms with Gasteiger partial charge >= 0.3 is 0 Å². The molecule has 1 aromatic carbocycles. The number of carbonyl (C=O) groups excluding carboxylic acids is 1. The molecule has 0 fully saturated rings. The molecule has 0 aliphatic heterocycles. The molecule has 19 heavy (non-hydrogen) atoms. The molecule has 0 aliphatic carbocycles. The van der Waals surface area contributed by atoms with Gasteiger partial charge < -0.3 is 11.1 Å². The second-order valence-electron chi connectivity index (χ2n) is 4.25. The number of aromatic nitrogens is 2. The maximum atomic E-state index is 12.2. The second kappa shape index (κ2) is 5.34. The van der Waals surface area contributed by atoms with Gasteiger partial charge in [-0.2, -0.15) is 0 Å². The van der Waals surface area contributed by atoms with E-state index in [0.29, 0.717) is 11.4 Å². The Kier molecular flexibility index (Phi) is 3.78. The van der Waals surface area contributed by atoms with Gasteiger partial charge in [0, 0.05) is 6.07 Å². The number of benzene rings is 1. The van der Waals surface area contributed by atoms with Gasteiger partial charge in [-0.3, -0.25) is 4.79 Å². The first-order valence-corrected chi connectivity index (χ1v) is 6.01. The first-order chi connectivity index (χ1) is 9.00. The molecule has 0 saturated heterocycles. The molecule has 5 nitrogen and oxygen atoms in total. The number of nitrogens with zero attached hydrogens (tertiary/aromatic N) is 2. The highest BCUT2D eigenvalue weighted by Crippen LogP contribution is 2.19. The molecule has 0 bridgehead atoms. The molecule has 1 unspecified atom stereocenters. The normalized spacial score (nSPS) is 13.6. The van der Waals surface area contributed by atoms with E-state index >= 15 is 0 Å².